The second kappa shape index (κ2) is 5.59. The Hall–Kier alpha value is -2.10. The predicted octanol–water partition coefficient (Wildman–Crippen LogP) is 2.75. The Morgan fingerprint density at radius 1 is 1.23 bits per heavy atom. The molecule has 1 heterocycles. The van der Waals surface area contributed by atoms with Gasteiger partial charge in [0.1, 0.15) is 16.5 Å². The van der Waals surface area contributed by atoms with Crippen molar-refractivity contribution in [3.05, 3.63) is 41.2 Å². The van der Waals surface area contributed by atoms with Gasteiger partial charge in [0.05, 0.1) is 5.69 Å². The fourth-order valence-electron chi connectivity index (χ4n) is 1.78. The number of nitrogens with zero attached hydrogens (tertiary/aromatic N) is 2. The maximum Gasteiger partial charge on any atom is 0.284 e. The molecule has 2 rings (SSSR count). The number of aromatic nitrogens is 2. The SMILES string of the molecule is Cc1cc(F)c(S(=O)(=O)Nc2cn(C)nc2C(F)F)cc1F. The zero-order chi connectivity index (χ0) is 16.7. The summed E-state index contributed by atoms with van der Waals surface area (Å²) in [7, 11) is -3.26. The summed E-state index contributed by atoms with van der Waals surface area (Å²) in [5.74, 6) is -2.11. The van der Waals surface area contributed by atoms with E-state index in [0.717, 1.165) is 10.9 Å². The van der Waals surface area contributed by atoms with Crippen molar-refractivity contribution in [3.8, 4) is 0 Å². The van der Waals surface area contributed by atoms with Gasteiger partial charge in [0.2, 0.25) is 0 Å². The number of hydrogen-bond acceptors (Lipinski definition) is 3. The Kier molecular flexibility index (Phi) is 4.14. The fraction of sp³-hybridized carbons (Fsp3) is 0.250. The molecule has 5 nitrogen and oxygen atoms in total. The lowest BCUT2D eigenvalue weighted by Crippen LogP contribution is -2.16. The number of sulfonamides is 1. The number of alkyl halides is 2. The van der Waals surface area contributed by atoms with Crippen LogP contribution in [0.4, 0.5) is 23.2 Å². The van der Waals surface area contributed by atoms with Crippen molar-refractivity contribution < 1.29 is 26.0 Å². The second-order valence-electron chi connectivity index (χ2n) is 4.54. The molecular weight excluding hydrogens is 326 g/mol. The molecule has 0 fully saturated rings. The highest BCUT2D eigenvalue weighted by Crippen LogP contribution is 2.28. The summed E-state index contributed by atoms with van der Waals surface area (Å²) in [4.78, 5) is -0.973. The maximum atomic E-state index is 13.7. The first-order chi connectivity index (χ1) is 10.1. The van der Waals surface area contributed by atoms with Gasteiger partial charge in [0.25, 0.3) is 16.4 Å². The maximum absolute atomic E-state index is 13.7. The summed E-state index contributed by atoms with van der Waals surface area (Å²) in [5.41, 5.74) is -1.39. The van der Waals surface area contributed by atoms with E-state index in [1.807, 2.05) is 0 Å². The van der Waals surface area contributed by atoms with E-state index in [1.165, 1.54) is 14.0 Å². The van der Waals surface area contributed by atoms with E-state index >= 15 is 0 Å². The zero-order valence-corrected chi connectivity index (χ0v) is 12.3. The van der Waals surface area contributed by atoms with Gasteiger partial charge >= 0.3 is 0 Å². The summed E-state index contributed by atoms with van der Waals surface area (Å²) in [6.45, 7) is 1.26. The molecule has 0 atom stereocenters. The zero-order valence-electron chi connectivity index (χ0n) is 11.4. The first kappa shape index (κ1) is 16.3. The van der Waals surface area contributed by atoms with Crippen molar-refractivity contribution >= 4 is 15.7 Å². The van der Waals surface area contributed by atoms with Crippen molar-refractivity contribution in [1.29, 1.82) is 0 Å². The molecular formula is C12H11F4N3O2S. The van der Waals surface area contributed by atoms with Crippen LogP contribution in [0.2, 0.25) is 0 Å². The number of halogens is 4. The normalized spacial score (nSPS) is 12.0. The largest absolute Gasteiger partial charge is 0.284 e. The van der Waals surface area contributed by atoms with Gasteiger partial charge in [-0.2, -0.15) is 5.10 Å². The molecule has 0 saturated carbocycles. The molecule has 0 aliphatic carbocycles. The summed E-state index contributed by atoms with van der Waals surface area (Å²) < 4.78 is 79.6. The van der Waals surface area contributed by atoms with Gasteiger partial charge in [-0.15, -0.1) is 0 Å². The van der Waals surface area contributed by atoms with E-state index in [9.17, 15) is 26.0 Å². The number of nitrogens with one attached hydrogen (secondary N) is 1. The van der Waals surface area contributed by atoms with E-state index in [4.69, 9.17) is 0 Å². The van der Waals surface area contributed by atoms with Crippen LogP contribution in [0.5, 0.6) is 0 Å². The van der Waals surface area contributed by atoms with Crippen LogP contribution in [-0.4, -0.2) is 18.2 Å². The van der Waals surface area contributed by atoms with E-state index in [1.54, 1.807) is 4.72 Å². The summed E-state index contributed by atoms with van der Waals surface area (Å²) in [5, 5.41) is 3.41. The highest BCUT2D eigenvalue weighted by Gasteiger charge is 2.25. The number of rotatable bonds is 4. The standard InChI is InChI=1S/C12H11F4N3O2S/c1-6-3-8(14)10(4-7(6)13)22(20,21)18-9-5-19(2)17-11(9)12(15)16/h3-5,12,18H,1-2H3. The lowest BCUT2D eigenvalue weighted by Gasteiger charge is -2.09. The molecule has 0 unspecified atom stereocenters. The molecule has 0 radical (unpaired) electrons. The third kappa shape index (κ3) is 3.06. The molecule has 10 heteroatoms. The third-order valence-corrected chi connectivity index (χ3v) is 4.19. The smallest absolute Gasteiger partial charge is 0.276 e. The molecule has 0 amide bonds. The molecule has 1 N–H and O–H groups in total. The minimum Gasteiger partial charge on any atom is -0.276 e. The first-order valence-electron chi connectivity index (χ1n) is 5.92. The van der Waals surface area contributed by atoms with Gasteiger partial charge < -0.3 is 0 Å². The van der Waals surface area contributed by atoms with Crippen LogP contribution >= 0.6 is 0 Å². The van der Waals surface area contributed by atoms with Gasteiger partial charge in [-0.05, 0) is 24.6 Å². The van der Waals surface area contributed by atoms with Crippen LogP contribution < -0.4 is 4.72 Å². The minimum atomic E-state index is -4.58. The van der Waals surface area contributed by atoms with Crippen molar-refractivity contribution in [2.45, 2.75) is 18.2 Å². The molecule has 0 aliphatic heterocycles. The lowest BCUT2D eigenvalue weighted by molar-refractivity contribution is 0.146. The van der Waals surface area contributed by atoms with E-state index < -0.39 is 44.4 Å². The Balaban J connectivity index is 2.47. The van der Waals surface area contributed by atoms with Crippen molar-refractivity contribution in [3.63, 3.8) is 0 Å². The summed E-state index contributed by atoms with van der Waals surface area (Å²) >= 11 is 0. The van der Waals surface area contributed by atoms with Gasteiger partial charge in [-0.3, -0.25) is 9.40 Å². The molecule has 0 spiro atoms. The topological polar surface area (TPSA) is 64.0 Å². The second-order valence-corrected chi connectivity index (χ2v) is 6.19. The van der Waals surface area contributed by atoms with Crippen LogP contribution in [-0.2, 0) is 17.1 Å². The highest BCUT2D eigenvalue weighted by molar-refractivity contribution is 7.92. The Bertz CT molecular complexity index is 818. The van der Waals surface area contributed by atoms with E-state index in [-0.39, 0.29) is 5.56 Å². The van der Waals surface area contributed by atoms with Crippen LogP contribution in [0.15, 0.2) is 23.2 Å². The van der Waals surface area contributed by atoms with Crippen LogP contribution in [0.1, 0.15) is 17.7 Å². The average molecular weight is 337 g/mol. The number of hydrogen-bond donors (Lipinski definition) is 1. The summed E-state index contributed by atoms with van der Waals surface area (Å²) in [6, 6.07) is 1.20. The van der Waals surface area contributed by atoms with E-state index in [0.29, 0.717) is 12.1 Å². The molecule has 2 aromatic rings. The van der Waals surface area contributed by atoms with Crippen molar-refractivity contribution in [2.75, 3.05) is 4.72 Å². The van der Waals surface area contributed by atoms with Crippen molar-refractivity contribution in [2.24, 2.45) is 7.05 Å². The number of benzene rings is 1. The van der Waals surface area contributed by atoms with E-state index in [2.05, 4.69) is 5.10 Å². The van der Waals surface area contributed by atoms with Gasteiger partial charge in [-0.1, -0.05) is 0 Å². The Labute approximate surface area is 123 Å². The van der Waals surface area contributed by atoms with Crippen LogP contribution in [0, 0.1) is 18.6 Å². The third-order valence-electron chi connectivity index (χ3n) is 2.81. The molecule has 0 aliphatic rings. The molecule has 120 valence electrons. The minimum absolute atomic E-state index is 0.0777. The molecule has 0 saturated heterocycles. The summed E-state index contributed by atoms with van der Waals surface area (Å²) in [6.07, 6.45) is -2.03. The van der Waals surface area contributed by atoms with Gasteiger partial charge in [0, 0.05) is 13.2 Å². The van der Waals surface area contributed by atoms with Gasteiger partial charge in [0.15, 0.2) is 5.69 Å². The van der Waals surface area contributed by atoms with Crippen LogP contribution in [0.25, 0.3) is 0 Å². The molecule has 22 heavy (non-hydrogen) atoms. The van der Waals surface area contributed by atoms with Crippen LogP contribution in [0.3, 0.4) is 0 Å². The monoisotopic (exact) mass is 337 g/mol. The highest BCUT2D eigenvalue weighted by atomic mass is 32.2. The number of aryl methyl sites for hydroxylation is 2. The predicted molar refractivity (Wildman–Crippen MR) is 70.1 cm³/mol. The van der Waals surface area contributed by atoms with Crippen molar-refractivity contribution in [1.82, 2.24) is 9.78 Å². The Morgan fingerprint density at radius 2 is 1.86 bits per heavy atom. The quantitative estimate of drug-likeness (QED) is 0.873. The first-order valence-corrected chi connectivity index (χ1v) is 7.40. The molecule has 0 bridgehead atoms. The molecule has 1 aromatic heterocycles. The fourth-order valence-corrected chi connectivity index (χ4v) is 2.91. The Morgan fingerprint density at radius 3 is 2.45 bits per heavy atom. The molecule has 1 aromatic carbocycles. The van der Waals surface area contributed by atoms with Gasteiger partial charge in [-0.25, -0.2) is 26.0 Å². The average Bonchev–Trinajstić information content (AvgIpc) is 2.74. The lowest BCUT2D eigenvalue weighted by atomic mass is 10.2. The number of anilines is 1.